The Morgan fingerprint density at radius 3 is 2.17 bits per heavy atom. The van der Waals surface area contributed by atoms with Crippen LogP contribution in [0.1, 0.15) is 33.6 Å². The lowest BCUT2D eigenvalue weighted by molar-refractivity contribution is -0.143. The van der Waals surface area contributed by atoms with Crippen LogP contribution in [0, 0.1) is 0 Å². The van der Waals surface area contributed by atoms with Crippen molar-refractivity contribution in [1.82, 2.24) is 4.90 Å². The molecule has 0 aliphatic carbocycles. The van der Waals surface area contributed by atoms with Gasteiger partial charge in [0.05, 0.1) is 0 Å². The molecule has 1 saturated heterocycles. The first-order valence-corrected chi connectivity index (χ1v) is 4.54. The van der Waals surface area contributed by atoms with Gasteiger partial charge in [0.25, 0.3) is 0 Å². The molecule has 1 heterocycles. The van der Waals surface area contributed by atoms with Crippen LogP contribution in [0.25, 0.3) is 0 Å². The van der Waals surface area contributed by atoms with E-state index in [2.05, 4.69) is 18.7 Å². The molecular formula is C9H17NO2. The van der Waals surface area contributed by atoms with Crippen molar-refractivity contribution in [1.29, 1.82) is 0 Å². The third-order valence-electron chi connectivity index (χ3n) is 2.82. The van der Waals surface area contributed by atoms with E-state index >= 15 is 0 Å². The minimum atomic E-state index is -0.712. The first-order valence-electron chi connectivity index (χ1n) is 4.54. The number of hydrogen-bond acceptors (Lipinski definition) is 2. The number of carbonyl (C=O) groups is 1. The number of carboxylic acids is 1. The summed E-state index contributed by atoms with van der Waals surface area (Å²) < 4.78 is 0. The van der Waals surface area contributed by atoms with Gasteiger partial charge in [-0.1, -0.05) is 0 Å². The van der Waals surface area contributed by atoms with Crippen molar-refractivity contribution in [3.05, 3.63) is 0 Å². The average molecular weight is 171 g/mol. The molecule has 0 bridgehead atoms. The Morgan fingerprint density at radius 1 is 1.42 bits per heavy atom. The van der Waals surface area contributed by atoms with Crippen molar-refractivity contribution in [2.75, 3.05) is 0 Å². The molecule has 1 fully saturated rings. The SMILES string of the molecule is CC1CCC(C)N1C(C)C(=O)O. The van der Waals surface area contributed by atoms with Crippen LogP contribution in [-0.2, 0) is 4.79 Å². The van der Waals surface area contributed by atoms with E-state index in [9.17, 15) is 4.79 Å². The number of likely N-dealkylation sites (tertiary alicyclic amines) is 1. The maximum Gasteiger partial charge on any atom is 0.320 e. The average Bonchev–Trinajstić information content (AvgIpc) is 2.30. The van der Waals surface area contributed by atoms with Gasteiger partial charge in [0.1, 0.15) is 6.04 Å². The van der Waals surface area contributed by atoms with Crippen molar-refractivity contribution in [2.24, 2.45) is 0 Å². The minimum Gasteiger partial charge on any atom is -0.480 e. The summed E-state index contributed by atoms with van der Waals surface area (Å²) in [5, 5.41) is 8.84. The second-order valence-corrected chi connectivity index (χ2v) is 3.74. The summed E-state index contributed by atoms with van der Waals surface area (Å²) >= 11 is 0. The van der Waals surface area contributed by atoms with Crippen LogP contribution in [0.3, 0.4) is 0 Å². The molecule has 3 atom stereocenters. The summed E-state index contributed by atoms with van der Waals surface area (Å²) in [6.45, 7) is 5.96. The van der Waals surface area contributed by atoms with E-state index in [1.807, 2.05) is 0 Å². The Bertz CT molecular complexity index is 171. The molecule has 0 amide bonds. The molecule has 0 aromatic heterocycles. The van der Waals surface area contributed by atoms with Gasteiger partial charge in [-0.25, -0.2) is 0 Å². The molecule has 0 saturated carbocycles. The van der Waals surface area contributed by atoms with Gasteiger partial charge >= 0.3 is 5.97 Å². The highest BCUT2D eigenvalue weighted by Crippen LogP contribution is 2.25. The number of carboxylic acid groups (broad SMARTS) is 1. The predicted molar refractivity (Wildman–Crippen MR) is 47.1 cm³/mol. The Balaban J connectivity index is 2.65. The zero-order chi connectivity index (χ0) is 9.30. The van der Waals surface area contributed by atoms with E-state index in [0.717, 1.165) is 12.8 Å². The highest BCUT2D eigenvalue weighted by Gasteiger charge is 2.33. The minimum absolute atomic E-state index is 0.336. The molecule has 0 aromatic rings. The maximum absolute atomic E-state index is 10.7. The summed E-state index contributed by atoms with van der Waals surface area (Å²) in [4.78, 5) is 12.8. The third-order valence-corrected chi connectivity index (χ3v) is 2.82. The lowest BCUT2D eigenvalue weighted by atomic mass is 10.2. The van der Waals surface area contributed by atoms with Crippen molar-refractivity contribution < 1.29 is 9.90 Å². The van der Waals surface area contributed by atoms with E-state index < -0.39 is 5.97 Å². The smallest absolute Gasteiger partial charge is 0.320 e. The Kier molecular flexibility index (Phi) is 2.73. The molecule has 1 N–H and O–H groups in total. The van der Waals surface area contributed by atoms with Crippen molar-refractivity contribution >= 4 is 5.97 Å². The molecule has 0 aromatic carbocycles. The second-order valence-electron chi connectivity index (χ2n) is 3.74. The summed E-state index contributed by atoms with van der Waals surface area (Å²) in [5.41, 5.74) is 0. The summed E-state index contributed by atoms with van der Waals surface area (Å²) in [6.07, 6.45) is 2.25. The van der Waals surface area contributed by atoms with Crippen molar-refractivity contribution in [3.8, 4) is 0 Å². The zero-order valence-corrected chi connectivity index (χ0v) is 7.95. The van der Waals surface area contributed by atoms with Gasteiger partial charge < -0.3 is 5.11 Å². The van der Waals surface area contributed by atoms with Gasteiger partial charge in [0.15, 0.2) is 0 Å². The highest BCUT2D eigenvalue weighted by atomic mass is 16.4. The monoisotopic (exact) mass is 171 g/mol. The lowest BCUT2D eigenvalue weighted by Crippen LogP contribution is -2.44. The van der Waals surface area contributed by atoms with Crippen LogP contribution in [0.5, 0.6) is 0 Å². The molecular weight excluding hydrogens is 154 g/mol. The van der Waals surface area contributed by atoms with Gasteiger partial charge in [0, 0.05) is 12.1 Å². The van der Waals surface area contributed by atoms with Gasteiger partial charge in [-0.15, -0.1) is 0 Å². The number of nitrogens with zero attached hydrogens (tertiary/aromatic N) is 1. The Hall–Kier alpha value is -0.570. The van der Waals surface area contributed by atoms with E-state index in [4.69, 9.17) is 5.11 Å². The molecule has 3 nitrogen and oxygen atoms in total. The Morgan fingerprint density at radius 2 is 1.83 bits per heavy atom. The van der Waals surface area contributed by atoms with Crippen LogP contribution in [0.15, 0.2) is 0 Å². The highest BCUT2D eigenvalue weighted by molar-refractivity contribution is 5.73. The molecule has 1 rings (SSSR count). The van der Waals surface area contributed by atoms with Crippen LogP contribution < -0.4 is 0 Å². The van der Waals surface area contributed by atoms with Crippen LogP contribution in [0.4, 0.5) is 0 Å². The predicted octanol–water partition coefficient (Wildman–Crippen LogP) is 1.33. The molecule has 12 heavy (non-hydrogen) atoms. The molecule has 0 radical (unpaired) electrons. The zero-order valence-electron chi connectivity index (χ0n) is 7.95. The van der Waals surface area contributed by atoms with E-state index in [1.165, 1.54) is 0 Å². The number of hydrogen-bond donors (Lipinski definition) is 1. The first-order chi connectivity index (χ1) is 5.54. The van der Waals surface area contributed by atoms with Crippen LogP contribution >= 0.6 is 0 Å². The summed E-state index contributed by atoms with van der Waals surface area (Å²) in [7, 11) is 0. The summed E-state index contributed by atoms with van der Waals surface area (Å²) in [5.74, 6) is -0.712. The van der Waals surface area contributed by atoms with Crippen LogP contribution in [-0.4, -0.2) is 34.1 Å². The van der Waals surface area contributed by atoms with E-state index in [1.54, 1.807) is 6.92 Å². The maximum atomic E-state index is 10.7. The normalized spacial score (nSPS) is 33.6. The van der Waals surface area contributed by atoms with Gasteiger partial charge in [-0.2, -0.15) is 0 Å². The molecule has 70 valence electrons. The van der Waals surface area contributed by atoms with Gasteiger partial charge in [-0.3, -0.25) is 9.69 Å². The standard InChI is InChI=1S/C9H17NO2/c1-6-4-5-7(2)10(6)8(3)9(11)12/h6-8H,4-5H2,1-3H3,(H,11,12). The fourth-order valence-corrected chi connectivity index (χ4v) is 2.11. The third kappa shape index (κ3) is 1.61. The fourth-order valence-electron chi connectivity index (χ4n) is 2.11. The Labute approximate surface area is 73.4 Å². The second kappa shape index (κ2) is 3.44. The van der Waals surface area contributed by atoms with Crippen molar-refractivity contribution in [3.63, 3.8) is 0 Å². The van der Waals surface area contributed by atoms with Gasteiger partial charge in [-0.05, 0) is 33.6 Å². The number of rotatable bonds is 2. The summed E-state index contributed by atoms with van der Waals surface area (Å²) in [6, 6.07) is 0.509. The topological polar surface area (TPSA) is 40.5 Å². The largest absolute Gasteiger partial charge is 0.480 e. The van der Waals surface area contributed by atoms with Gasteiger partial charge in [0.2, 0.25) is 0 Å². The van der Waals surface area contributed by atoms with Crippen molar-refractivity contribution in [2.45, 2.75) is 51.7 Å². The van der Waals surface area contributed by atoms with E-state index in [-0.39, 0.29) is 6.04 Å². The lowest BCUT2D eigenvalue weighted by Gasteiger charge is -2.29. The first kappa shape index (κ1) is 9.52. The molecule has 3 unspecified atom stereocenters. The fraction of sp³-hybridized carbons (Fsp3) is 0.889. The molecule has 0 spiro atoms. The number of aliphatic carboxylic acids is 1. The quantitative estimate of drug-likeness (QED) is 0.681. The molecule has 3 heteroatoms. The van der Waals surface area contributed by atoms with E-state index in [0.29, 0.717) is 12.1 Å². The molecule has 1 aliphatic rings. The molecule has 1 aliphatic heterocycles. The van der Waals surface area contributed by atoms with Crippen LogP contribution in [0.2, 0.25) is 0 Å².